The van der Waals surface area contributed by atoms with Crippen LogP contribution >= 0.6 is 0 Å². The highest BCUT2D eigenvalue weighted by Gasteiger charge is 2.72. The molecular formula is C21H29NO9. The average Bonchev–Trinajstić information content (AvgIpc) is 3.48. The fourth-order valence-corrected chi connectivity index (χ4v) is 5.44. The summed E-state index contributed by atoms with van der Waals surface area (Å²) >= 11 is 0. The van der Waals surface area contributed by atoms with Crippen LogP contribution in [0.4, 0.5) is 0 Å². The minimum Gasteiger partial charge on any atom is -0.455 e. The molecule has 0 spiro atoms. The number of ether oxygens (including phenoxy) is 6. The fraction of sp³-hybridized carbons (Fsp3) is 0.857. The molecule has 2 bridgehead atoms. The first-order valence-corrected chi connectivity index (χ1v) is 11.2. The van der Waals surface area contributed by atoms with Gasteiger partial charge in [-0.1, -0.05) is 12.8 Å². The molecule has 172 valence electrons. The minimum absolute atomic E-state index is 0.0915. The van der Waals surface area contributed by atoms with E-state index in [1.807, 2.05) is 4.90 Å². The van der Waals surface area contributed by atoms with Gasteiger partial charge in [0.1, 0.15) is 24.0 Å². The smallest absolute Gasteiger partial charge is 0.320 e. The summed E-state index contributed by atoms with van der Waals surface area (Å²) < 4.78 is 33.6. The maximum atomic E-state index is 12.9. The monoisotopic (exact) mass is 439 g/mol. The van der Waals surface area contributed by atoms with E-state index in [-0.39, 0.29) is 12.6 Å². The molecule has 0 aromatic carbocycles. The molecule has 1 aliphatic carbocycles. The minimum atomic E-state index is -0.868. The molecule has 1 saturated carbocycles. The molecule has 0 radical (unpaired) electrons. The summed E-state index contributed by atoms with van der Waals surface area (Å²) in [6.07, 6.45) is 0.662. The van der Waals surface area contributed by atoms with Crippen LogP contribution in [0.25, 0.3) is 0 Å². The molecular weight excluding hydrogens is 410 g/mol. The lowest BCUT2D eigenvalue weighted by molar-refractivity contribution is -0.193. The van der Waals surface area contributed by atoms with E-state index < -0.39 is 60.4 Å². The summed E-state index contributed by atoms with van der Waals surface area (Å²) in [6, 6.07) is 0. The highest BCUT2D eigenvalue weighted by Crippen LogP contribution is 2.51. The highest BCUT2D eigenvalue weighted by molar-refractivity contribution is 5.87. The van der Waals surface area contributed by atoms with Crippen LogP contribution in [-0.2, 0) is 42.8 Å². The Hall–Kier alpha value is -1.75. The second-order valence-corrected chi connectivity index (χ2v) is 8.91. The number of hydrogen-bond acceptors (Lipinski definition) is 10. The van der Waals surface area contributed by atoms with Crippen molar-refractivity contribution in [2.24, 2.45) is 11.8 Å². The van der Waals surface area contributed by atoms with Crippen molar-refractivity contribution in [3.05, 3.63) is 0 Å². The van der Waals surface area contributed by atoms with Crippen molar-refractivity contribution in [1.82, 2.24) is 4.90 Å². The van der Waals surface area contributed by atoms with Gasteiger partial charge in [0.25, 0.3) is 0 Å². The molecule has 7 unspecified atom stereocenters. The fourth-order valence-electron chi connectivity index (χ4n) is 5.44. The number of nitrogens with zero attached hydrogens (tertiary/aromatic N) is 1. The predicted molar refractivity (Wildman–Crippen MR) is 102 cm³/mol. The third-order valence-corrected chi connectivity index (χ3v) is 6.87. The molecule has 5 aliphatic rings. The van der Waals surface area contributed by atoms with E-state index >= 15 is 0 Å². The third-order valence-electron chi connectivity index (χ3n) is 6.87. The van der Waals surface area contributed by atoms with Crippen LogP contribution < -0.4 is 0 Å². The summed E-state index contributed by atoms with van der Waals surface area (Å²) in [6.45, 7) is 4.23. The van der Waals surface area contributed by atoms with E-state index in [1.165, 1.54) is 0 Å². The molecule has 5 fully saturated rings. The van der Waals surface area contributed by atoms with E-state index in [1.54, 1.807) is 6.92 Å². The lowest BCUT2D eigenvalue weighted by atomic mass is 9.78. The SMILES string of the molecule is CC(OC(=O)C1C2OC3C(OC(=O)C31)C2OC(=O)CN1CCOCC1)OC1CCCC1. The first-order valence-electron chi connectivity index (χ1n) is 11.2. The molecule has 7 atom stereocenters. The molecule has 10 nitrogen and oxygen atoms in total. The van der Waals surface area contributed by atoms with Crippen molar-refractivity contribution in [3.63, 3.8) is 0 Å². The van der Waals surface area contributed by atoms with Gasteiger partial charge in [-0.25, -0.2) is 0 Å². The quantitative estimate of drug-likeness (QED) is 0.306. The maximum Gasteiger partial charge on any atom is 0.320 e. The predicted octanol–water partition coefficient (Wildman–Crippen LogP) is 0.0176. The standard InChI is InChI=1S/C21H29NO9/c1-11(27-12-4-2-3-5-12)28-20(24)14-15-17-19(31-21(15)25)18(16(14)30-17)29-13(23)10-22-6-8-26-9-7-22/h11-12,14-19H,2-10H2,1H3. The van der Waals surface area contributed by atoms with E-state index in [4.69, 9.17) is 28.4 Å². The third kappa shape index (κ3) is 4.06. The summed E-state index contributed by atoms with van der Waals surface area (Å²) in [4.78, 5) is 39.8. The number of morpholine rings is 1. The first-order chi connectivity index (χ1) is 15.0. The van der Waals surface area contributed by atoms with Gasteiger partial charge in [-0.15, -0.1) is 0 Å². The van der Waals surface area contributed by atoms with Crippen molar-refractivity contribution in [1.29, 1.82) is 0 Å². The van der Waals surface area contributed by atoms with Gasteiger partial charge in [0, 0.05) is 13.1 Å². The molecule has 4 heterocycles. The lowest BCUT2D eigenvalue weighted by Gasteiger charge is -2.30. The molecule has 0 amide bonds. The van der Waals surface area contributed by atoms with Gasteiger partial charge < -0.3 is 28.4 Å². The summed E-state index contributed by atoms with van der Waals surface area (Å²) in [5.41, 5.74) is 0. The van der Waals surface area contributed by atoms with Crippen LogP contribution in [0, 0.1) is 11.8 Å². The average molecular weight is 439 g/mol. The van der Waals surface area contributed by atoms with Crippen molar-refractivity contribution in [2.45, 2.75) is 69.4 Å². The molecule has 4 saturated heterocycles. The molecule has 31 heavy (non-hydrogen) atoms. The molecule has 0 aromatic heterocycles. The van der Waals surface area contributed by atoms with E-state index in [2.05, 4.69) is 0 Å². The second kappa shape index (κ2) is 8.65. The number of hydrogen-bond donors (Lipinski definition) is 0. The number of carbonyl (C=O) groups excluding carboxylic acids is 3. The van der Waals surface area contributed by atoms with E-state index in [0.29, 0.717) is 26.3 Å². The van der Waals surface area contributed by atoms with Gasteiger partial charge in [0.05, 0.1) is 25.9 Å². The van der Waals surface area contributed by atoms with Crippen LogP contribution in [0.2, 0.25) is 0 Å². The number of rotatable bonds is 7. The summed E-state index contributed by atoms with van der Waals surface area (Å²) in [5, 5.41) is 0. The van der Waals surface area contributed by atoms with Crippen LogP contribution in [0.3, 0.4) is 0 Å². The van der Waals surface area contributed by atoms with Crippen LogP contribution in [0.15, 0.2) is 0 Å². The lowest BCUT2D eigenvalue weighted by Crippen LogP contribution is -2.49. The zero-order valence-corrected chi connectivity index (χ0v) is 17.6. The number of fused-ring (bicyclic) bond motifs is 1. The first kappa shape index (κ1) is 21.1. The van der Waals surface area contributed by atoms with Crippen LogP contribution in [0.5, 0.6) is 0 Å². The Labute approximate surface area is 180 Å². The Kier molecular flexibility index (Phi) is 5.89. The zero-order valence-electron chi connectivity index (χ0n) is 17.6. The van der Waals surface area contributed by atoms with Gasteiger partial charge in [-0.2, -0.15) is 0 Å². The van der Waals surface area contributed by atoms with E-state index in [0.717, 1.165) is 25.7 Å². The normalized spacial score (nSPS) is 38.3. The number of esters is 3. The Morgan fingerprint density at radius 1 is 1.13 bits per heavy atom. The van der Waals surface area contributed by atoms with Gasteiger partial charge in [-0.05, 0) is 19.8 Å². The van der Waals surface area contributed by atoms with Gasteiger partial charge >= 0.3 is 17.9 Å². The van der Waals surface area contributed by atoms with Crippen molar-refractivity contribution in [2.75, 3.05) is 32.8 Å². The van der Waals surface area contributed by atoms with Gasteiger partial charge in [0.15, 0.2) is 18.5 Å². The van der Waals surface area contributed by atoms with Gasteiger partial charge in [0.2, 0.25) is 0 Å². The van der Waals surface area contributed by atoms with Crippen molar-refractivity contribution >= 4 is 17.9 Å². The Morgan fingerprint density at radius 3 is 2.61 bits per heavy atom. The molecule has 0 N–H and O–H groups in total. The van der Waals surface area contributed by atoms with Crippen molar-refractivity contribution < 1.29 is 42.8 Å². The van der Waals surface area contributed by atoms with E-state index in [9.17, 15) is 14.4 Å². The number of carbonyl (C=O) groups is 3. The Balaban J connectivity index is 1.22. The van der Waals surface area contributed by atoms with Crippen LogP contribution in [0.1, 0.15) is 32.6 Å². The summed E-state index contributed by atoms with van der Waals surface area (Å²) in [5.74, 6) is -3.11. The molecule has 0 aromatic rings. The Morgan fingerprint density at radius 2 is 1.87 bits per heavy atom. The Bertz CT molecular complexity index is 718. The topological polar surface area (TPSA) is 110 Å². The molecule has 10 heteroatoms. The zero-order chi connectivity index (χ0) is 21.5. The van der Waals surface area contributed by atoms with Gasteiger partial charge in [-0.3, -0.25) is 19.3 Å². The second-order valence-electron chi connectivity index (χ2n) is 8.91. The highest BCUT2D eigenvalue weighted by atomic mass is 16.7. The summed E-state index contributed by atoms with van der Waals surface area (Å²) in [7, 11) is 0. The molecule has 4 aliphatic heterocycles. The largest absolute Gasteiger partial charge is 0.455 e. The molecule has 5 rings (SSSR count). The maximum absolute atomic E-state index is 12.9. The van der Waals surface area contributed by atoms with Crippen LogP contribution in [-0.4, -0.2) is 92.5 Å². The van der Waals surface area contributed by atoms with Crippen molar-refractivity contribution in [3.8, 4) is 0 Å².